The molecule has 7 nitrogen and oxygen atoms in total. The fourth-order valence-electron chi connectivity index (χ4n) is 2.07. The first-order chi connectivity index (χ1) is 9.58. The molecule has 9 heteroatoms. The molecule has 0 aromatic carbocycles. The molecule has 3 heterocycles. The Morgan fingerprint density at radius 2 is 2.15 bits per heavy atom. The van der Waals surface area contributed by atoms with Gasteiger partial charge in [-0.15, -0.1) is 0 Å². The Kier molecular flexibility index (Phi) is 3.41. The van der Waals surface area contributed by atoms with Crippen LogP contribution >= 0.6 is 23.2 Å². The van der Waals surface area contributed by atoms with Gasteiger partial charge in [0.15, 0.2) is 5.15 Å². The van der Waals surface area contributed by atoms with Gasteiger partial charge in [0.25, 0.3) is 0 Å². The van der Waals surface area contributed by atoms with Crippen LogP contribution in [0.3, 0.4) is 0 Å². The Balaban J connectivity index is 1.93. The number of likely N-dealkylation sites (N-methyl/N-ethyl adjacent to an activating group) is 1. The van der Waals surface area contributed by atoms with Crippen molar-refractivity contribution in [3.63, 3.8) is 0 Å². The number of hydrogen-bond acceptors (Lipinski definition) is 6. The molecule has 1 aliphatic rings. The highest BCUT2D eigenvalue weighted by molar-refractivity contribution is 6.42. The minimum atomic E-state index is 0.187. The summed E-state index contributed by atoms with van der Waals surface area (Å²) in [6.45, 7) is 1.76. The molecule has 0 saturated carbocycles. The summed E-state index contributed by atoms with van der Waals surface area (Å²) in [4.78, 5) is 10.5. The van der Waals surface area contributed by atoms with E-state index in [2.05, 4.69) is 30.4 Å². The molecule has 0 bridgehead atoms. The monoisotopic (exact) mass is 313 g/mol. The highest BCUT2D eigenvalue weighted by Crippen LogP contribution is 2.32. The zero-order chi connectivity index (χ0) is 14.3. The van der Waals surface area contributed by atoms with Crippen LogP contribution in [0.15, 0.2) is 6.07 Å². The summed E-state index contributed by atoms with van der Waals surface area (Å²) >= 11 is 11.9. The molecule has 4 N–H and O–H groups in total. The molecule has 2 aromatic heterocycles. The third-order valence-corrected chi connectivity index (χ3v) is 4.00. The number of aromatic amines is 1. The Bertz CT molecular complexity index is 636. The SMILES string of the molecule is CNC1CN(c2cc(-c3[nH]nc(Cl)c3Cl)nc(N)n2)C1. The number of anilines is 2. The molecule has 2 aromatic rings. The maximum Gasteiger partial charge on any atom is 0.222 e. The van der Waals surface area contributed by atoms with Crippen LogP contribution < -0.4 is 16.0 Å². The molecule has 0 radical (unpaired) electrons. The molecule has 1 saturated heterocycles. The molecule has 0 aliphatic carbocycles. The van der Waals surface area contributed by atoms with Gasteiger partial charge < -0.3 is 16.0 Å². The van der Waals surface area contributed by atoms with Crippen molar-refractivity contribution >= 4 is 35.0 Å². The number of aromatic nitrogens is 4. The molecular weight excluding hydrogens is 301 g/mol. The molecule has 0 spiro atoms. The minimum Gasteiger partial charge on any atom is -0.368 e. The van der Waals surface area contributed by atoms with Crippen LogP contribution in [0, 0.1) is 0 Å². The van der Waals surface area contributed by atoms with E-state index in [0.29, 0.717) is 22.5 Å². The van der Waals surface area contributed by atoms with Gasteiger partial charge in [0, 0.05) is 25.2 Å². The standard InChI is InChI=1S/C11H13Cl2N7/c1-15-5-3-20(4-5)7-2-6(16-11(14)17-7)9-8(12)10(13)19-18-9/h2,5,15H,3-4H2,1H3,(H,18,19)(H2,14,16,17). The lowest BCUT2D eigenvalue weighted by Gasteiger charge is -2.40. The Labute approximate surface area is 125 Å². The normalized spacial score (nSPS) is 15.4. The number of nitrogen functional groups attached to an aromatic ring is 1. The van der Waals surface area contributed by atoms with Crippen molar-refractivity contribution in [2.45, 2.75) is 6.04 Å². The number of nitrogens with one attached hydrogen (secondary N) is 2. The lowest BCUT2D eigenvalue weighted by atomic mass is 10.1. The van der Waals surface area contributed by atoms with Gasteiger partial charge in [0.2, 0.25) is 5.95 Å². The molecule has 3 rings (SSSR count). The van der Waals surface area contributed by atoms with Crippen LogP contribution in [0.25, 0.3) is 11.4 Å². The van der Waals surface area contributed by atoms with Crippen molar-refractivity contribution in [3.8, 4) is 11.4 Å². The van der Waals surface area contributed by atoms with Gasteiger partial charge in [0.1, 0.15) is 16.5 Å². The molecule has 1 fully saturated rings. The van der Waals surface area contributed by atoms with Crippen molar-refractivity contribution in [3.05, 3.63) is 16.2 Å². The van der Waals surface area contributed by atoms with Crippen molar-refractivity contribution in [2.75, 3.05) is 30.8 Å². The van der Waals surface area contributed by atoms with Crippen molar-refractivity contribution in [2.24, 2.45) is 0 Å². The van der Waals surface area contributed by atoms with E-state index in [0.717, 1.165) is 18.9 Å². The highest BCUT2D eigenvalue weighted by Gasteiger charge is 2.27. The average Bonchev–Trinajstić information content (AvgIpc) is 2.68. The van der Waals surface area contributed by atoms with Crippen LogP contribution in [0.5, 0.6) is 0 Å². The smallest absolute Gasteiger partial charge is 0.222 e. The maximum absolute atomic E-state index is 6.07. The van der Waals surface area contributed by atoms with Crippen LogP contribution in [0.2, 0.25) is 10.2 Å². The number of nitrogens with two attached hydrogens (primary N) is 1. The van der Waals surface area contributed by atoms with Crippen molar-refractivity contribution < 1.29 is 0 Å². The fraction of sp³-hybridized carbons (Fsp3) is 0.364. The second kappa shape index (κ2) is 5.08. The Morgan fingerprint density at radius 3 is 2.75 bits per heavy atom. The first-order valence-corrected chi connectivity index (χ1v) is 6.80. The number of H-pyrrole nitrogens is 1. The van der Waals surface area contributed by atoms with Crippen molar-refractivity contribution in [1.82, 2.24) is 25.5 Å². The molecular formula is C11H13Cl2N7. The Hall–Kier alpha value is -1.57. The van der Waals surface area contributed by atoms with Crippen LogP contribution in [-0.4, -0.2) is 46.3 Å². The number of halogens is 2. The van der Waals surface area contributed by atoms with Gasteiger partial charge in [0.05, 0.1) is 5.69 Å². The summed E-state index contributed by atoms with van der Waals surface area (Å²) in [5.41, 5.74) is 6.88. The van der Waals surface area contributed by atoms with Gasteiger partial charge in [-0.1, -0.05) is 23.2 Å². The van der Waals surface area contributed by atoms with Gasteiger partial charge in [-0.05, 0) is 7.05 Å². The van der Waals surface area contributed by atoms with E-state index in [1.807, 2.05) is 13.1 Å². The van der Waals surface area contributed by atoms with E-state index < -0.39 is 0 Å². The van der Waals surface area contributed by atoms with E-state index in [1.54, 1.807) is 0 Å². The minimum absolute atomic E-state index is 0.187. The van der Waals surface area contributed by atoms with Crippen molar-refractivity contribution in [1.29, 1.82) is 0 Å². The number of hydrogen-bond donors (Lipinski definition) is 3. The first kappa shape index (κ1) is 13.4. The van der Waals surface area contributed by atoms with E-state index in [-0.39, 0.29) is 11.1 Å². The predicted molar refractivity (Wildman–Crippen MR) is 79.1 cm³/mol. The third kappa shape index (κ3) is 2.28. The summed E-state index contributed by atoms with van der Waals surface area (Å²) in [6, 6.07) is 2.29. The maximum atomic E-state index is 6.07. The van der Waals surface area contributed by atoms with Crippen LogP contribution in [-0.2, 0) is 0 Å². The van der Waals surface area contributed by atoms with Gasteiger partial charge in [-0.2, -0.15) is 10.1 Å². The summed E-state index contributed by atoms with van der Waals surface area (Å²) in [7, 11) is 1.94. The molecule has 0 unspecified atom stereocenters. The topological polar surface area (TPSA) is 95.8 Å². The molecule has 106 valence electrons. The average molecular weight is 314 g/mol. The second-order valence-corrected chi connectivity index (χ2v) is 5.30. The van der Waals surface area contributed by atoms with E-state index >= 15 is 0 Å². The lowest BCUT2D eigenvalue weighted by Crippen LogP contribution is -2.57. The predicted octanol–water partition coefficient (Wildman–Crippen LogP) is 1.16. The highest BCUT2D eigenvalue weighted by atomic mass is 35.5. The van der Waals surface area contributed by atoms with Gasteiger partial charge in [-0.3, -0.25) is 5.10 Å². The second-order valence-electron chi connectivity index (χ2n) is 4.56. The summed E-state index contributed by atoms with van der Waals surface area (Å²) in [5.74, 6) is 0.952. The van der Waals surface area contributed by atoms with Crippen LogP contribution in [0.4, 0.5) is 11.8 Å². The van der Waals surface area contributed by atoms with E-state index in [1.165, 1.54) is 0 Å². The quantitative estimate of drug-likeness (QED) is 0.787. The third-order valence-electron chi connectivity index (χ3n) is 3.27. The van der Waals surface area contributed by atoms with Gasteiger partial charge in [-0.25, -0.2) is 4.98 Å². The summed E-state index contributed by atoms with van der Waals surface area (Å²) in [6.07, 6.45) is 0. The molecule has 0 atom stereocenters. The zero-order valence-corrected chi connectivity index (χ0v) is 12.2. The summed E-state index contributed by atoms with van der Waals surface area (Å²) < 4.78 is 0. The molecule has 20 heavy (non-hydrogen) atoms. The fourth-order valence-corrected chi connectivity index (χ4v) is 2.38. The zero-order valence-electron chi connectivity index (χ0n) is 10.7. The Morgan fingerprint density at radius 1 is 1.40 bits per heavy atom. The number of rotatable bonds is 3. The van der Waals surface area contributed by atoms with E-state index in [9.17, 15) is 0 Å². The summed E-state index contributed by atoms with van der Waals surface area (Å²) in [5, 5.41) is 10.3. The molecule has 0 amide bonds. The number of nitrogens with zero attached hydrogens (tertiary/aromatic N) is 4. The van der Waals surface area contributed by atoms with Gasteiger partial charge >= 0.3 is 0 Å². The largest absolute Gasteiger partial charge is 0.368 e. The van der Waals surface area contributed by atoms with Crippen LogP contribution in [0.1, 0.15) is 0 Å². The van der Waals surface area contributed by atoms with E-state index in [4.69, 9.17) is 28.9 Å². The lowest BCUT2D eigenvalue weighted by molar-refractivity contribution is 0.447. The first-order valence-electron chi connectivity index (χ1n) is 6.05. The molecule has 1 aliphatic heterocycles.